The molecule has 0 aliphatic carbocycles. The van der Waals surface area contributed by atoms with Crippen LogP contribution in [0.1, 0.15) is 51.0 Å². The van der Waals surface area contributed by atoms with Crippen LogP contribution in [0.15, 0.2) is 60.7 Å². The molecule has 6 rings (SSSR count). The minimum Gasteiger partial charge on any atom is -0.340 e. The van der Waals surface area contributed by atoms with Crippen molar-refractivity contribution in [3.05, 3.63) is 77.6 Å². The predicted molar refractivity (Wildman–Crippen MR) is 154 cm³/mol. The third kappa shape index (κ3) is 3.62. The molecular formula is C32H27N3S. The van der Waals surface area contributed by atoms with Crippen molar-refractivity contribution in [2.75, 3.05) is 0 Å². The summed E-state index contributed by atoms with van der Waals surface area (Å²) >= 11 is 1.81. The molecular weight excluding hydrogens is 458 g/mol. The number of nitrogens with zero attached hydrogens (tertiary/aromatic N) is 3. The molecule has 2 aromatic heterocycles. The molecule has 3 nitrogen and oxygen atoms in total. The maximum atomic E-state index is 9.40. The van der Waals surface area contributed by atoms with Gasteiger partial charge in [-0.2, -0.15) is 5.26 Å². The van der Waals surface area contributed by atoms with E-state index in [0.717, 1.165) is 18.4 Å². The second-order valence-corrected chi connectivity index (χ2v) is 10.7. The number of hydrogen-bond acceptors (Lipinski definition) is 2. The molecule has 0 spiro atoms. The summed E-state index contributed by atoms with van der Waals surface area (Å²) in [7, 11) is 0. The average Bonchev–Trinajstić information content (AvgIpc) is 3.45. The molecule has 0 fully saturated rings. The Labute approximate surface area is 215 Å². The third-order valence-corrected chi connectivity index (χ3v) is 8.65. The van der Waals surface area contributed by atoms with Gasteiger partial charge in [0, 0.05) is 48.4 Å². The number of hydrogen-bond donors (Lipinski definition) is 0. The van der Waals surface area contributed by atoms with Gasteiger partial charge >= 0.3 is 0 Å². The number of benzene rings is 4. The molecule has 6 aromatic rings. The second-order valence-electron chi connectivity index (χ2n) is 9.66. The number of aryl methyl sites for hydroxylation is 1. The van der Waals surface area contributed by atoms with Crippen molar-refractivity contribution in [1.29, 1.82) is 5.26 Å². The largest absolute Gasteiger partial charge is 0.340 e. The molecule has 2 heterocycles. The zero-order valence-corrected chi connectivity index (χ0v) is 21.3. The van der Waals surface area contributed by atoms with Crippen molar-refractivity contribution >= 4 is 69.8 Å². The zero-order chi connectivity index (χ0) is 24.6. The van der Waals surface area contributed by atoms with E-state index in [1.165, 1.54) is 79.5 Å². The van der Waals surface area contributed by atoms with E-state index >= 15 is 0 Å². The first-order valence-electron chi connectivity index (χ1n) is 12.8. The van der Waals surface area contributed by atoms with Gasteiger partial charge < -0.3 is 4.57 Å². The fourth-order valence-electron chi connectivity index (χ4n) is 5.65. The molecule has 176 valence electrons. The van der Waals surface area contributed by atoms with E-state index in [-0.39, 0.29) is 0 Å². The molecule has 0 saturated heterocycles. The monoisotopic (exact) mass is 485 g/mol. The van der Waals surface area contributed by atoms with Crippen molar-refractivity contribution < 1.29 is 0 Å². The Kier molecular flexibility index (Phi) is 5.84. The fourth-order valence-corrected chi connectivity index (χ4v) is 6.86. The van der Waals surface area contributed by atoms with Crippen LogP contribution in [0, 0.1) is 17.9 Å². The Morgan fingerprint density at radius 2 is 1.53 bits per heavy atom. The number of unbranched alkanes of at least 4 members (excludes halogenated alkanes) is 5. The van der Waals surface area contributed by atoms with E-state index in [1.54, 1.807) is 0 Å². The number of thiophene rings is 1. The van der Waals surface area contributed by atoms with E-state index in [9.17, 15) is 5.26 Å². The first kappa shape index (κ1) is 22.6. The molecule has 0 N–H and O–H groups in total. The summed E-state index contributed by atoms with van der Waals surface area (Å²) in [6, 6.07) is 23.4. The first-order valence-corrected chi connectivity index (χ1v) is 13.7. The summed E-state index contributed by atoms with van der Waals surface area (Å²) in [5.74, 6) is 0. The van der Waals surface area contributed by atoms with Gasteiger partial charge in [-0.15, -0.1) is 11.3 Å². The molecule has 4 aromatic carbocycles. The second kappa shape index (κ2) is 9.30. The number of aromatic nitrogens is 1. The molecule has 36 heavy (non-hydrogen) atoms. The normalized spacial score (nSPS) is 11.6. The third-order valence-electron chi connectivity index (χ3n) is 7.43. The molecule has 0 aliphatic rings. The lowest BCUT2D eigenvalue weighted by Gasteiger charge is -2.10. The summed E-state index contributed by atoms with van der Waals surface area (Å²) in [5, 5.41) is 16.7. The van der Waals surface area contributed by atoms with Crippen molar-refractivity contribution in [2.24, 2.45) is 0 Å². The lowest BCUT2D eigenvalue weighted by molar-refractivity contribution is 0.571. The van der Waals surface area contributed by atoms with Crippen molar-refractivity contribution in [1.82, 2.24) is 4.57 Å². The van der Waals surface area contributed by atoms with Crippen LogP contribution in [0.4, 0.5) is 5.69 Å². The molecule has 0 amide bonds. The lowest BCUT2D eigenvalue weighted by atomic mass is 10.0. The van der Waals surface area contributed by atoms with E-state index in [4.69, 9.17) is 6.57 Å². The van der Waals surface area contributed by atoms with Crippen molar-refractivity contribution in [2.45, 2.75) is 52.0 Å². The predicted octanol–water partition coefficient (Wildman–Crippen LogP) is 10.1. The Balaban J connectivity index is 1.57. The fraction of sp³-hybridized carbons (Fsp3) is 0.250. The minimum absolute atomic E-state index is 0.689. The first-order chi connectivity index (χ1) is 17.7. The molecule has 0 aliphatic heterocycles. The number of nitriles is 1. The Bertz CT molecular complexity index is 1860. The Morgan fingerprint density at radius 3 is 2.31 bits per heavy atom. The van der Waals surface area contributed by atoms with E-state index in [2.05, 4.69) is 64.9 Å². The van der Waals surface area contributed by atoms with Gasteiger partial charge in [0.05, 0.1) is 23.7 Å². The Morgan fingerprint density at radius 1 is 0.806 bits per heavy atom. The summed E-state index contributed by atoms with van der Waals surface area (Å²) in [6.07, 6.45) is 7.60. The van der Waals surface area contributed by atoms with Crippen molar-refractivity contribution in [3.8, 4) is 6.07 Å². The summed E-state index contributed by atoms with van der Waals surface area (Å²) in [5.41, 5.74) is 3.88. The quantitative estimate of drug-likeness (QED) is 0.163. The van der Waals surface area contributed by atoms with Crippen LogP contribution in [0.3, 0.4) is 0 Å². The maximum absolute atomic E-state index is 9.40. The highest BCUT2D eigenvalue weighted by atomic mass is 32.1. The van der Waals surface area contributed by atoms with E-state index in [1.807, 2.05) is 29.5 Å². The van der Waals surface area contributed by atoms with E-state index in [0.29, 0.717) is 11.3 Å². The van der Waals surface area contributed by atoms with Gasteiger partial charge in [0.25, 0.3) is 0 Å². The highest BCUT2D eigenvalue weighted by Gasteiger charge is 2.17. The van der Waals surface area contributed by atoms with Crippen LogP contribution in [-0.4, -0.2) is 4.57 Å². The van der Waals surface area contributed by atoms with Gasteiger partial charge in [-0.25, -0.2) is 4.85 Å². The zero-order valence-electron chi connectivity index (χ0n) is 20.5. The molecule has 0 bridgehead atoms. The van der Waals surface area contributed by atoms with Gasteiger partial charge in [0.2, 0.25) is 0 Å². The minimum atomic E-state index is 0.689. The maximum Gasteiger partial charge on any atom is 0.188 e. The van der Waals surface area contributed by atoms with Crippen LogP contribution in [0.5, 0.6) is 0 Å². The van der Waals surface area contributed by atoms with Crippen LogP contribution in [0.2, 0.25) is 0 Å². The SMILES string of the molecule is [C-]#[N+]c1ccc2c(c1)c1ccc3c(ccc4c5cc(C#N)ccc5sc43)c1n2CCCCCCCC. The standard InChI is InChI=1S/C32H27N3S/c1-3-4-5-6-7-8-17-35-29-15-10-22(34-2)19-27(29)24-12-13-25-23(31(24)35)11-14-26-28-18-21(20-33)9-16-30(28)36-32(25)26/h9-16,18-19H,3-8,17H2,1H3. The summed E-state index contributed by atoms with van der Waals surface area (Å²) in [4.78, 5) is 3.70. The average molecular weight is 486 g/mol. The number of rotatable bonds is 7. The molecule has 0 unspecified atom stereocenters. The highest BCUT2D eigenvalue weighted by molar-refractivity contribution is 7.26. The number of fused-ring (bicyclic) bond motifs is 9. The highest BCUT2D eigenvalue weighted by Crippen LogP contribution is 2.43. The van der Waals surface area contributed by atoms with Crippen LogP contribution < -0.4 is 0 Å². The summed E-state index contributed by atoms with van der Waals surface area (Å²) in [6.45, 7) is 10.8. The van der Waals surface area contributed by atoms with Crippen LogP contribution >= 0.6 is 11.3 Å². The topological polar surface area (TPSA) is 33.1 Å². The molecule has 0 saturated carbocycles. The smallest absolute Gasteiger partial charge is 0.188 e. The van der Waals surface area contributed by atoms with Crippen molar-refractivity contribution in [3.63, 3.8) is 0 Å². The van der Waals surface area contributed by atoms with Gasteiger partial charge in [0.1, 0.15) is 0 Å². The van der Waals surface area contributed by atoms with Gasteiger partial charge in [-0.3, -0.25) is 0 Å². The molecule has 4 heteroatoms. The van der Waals surface area contributed by atoms with Gasteiger partial charge in [-0.05, 0) is 42.1 Å². The summed E-state index contributed by atoms with van der Waals surface area (Å²) < 4.78 is 4.98. The van der Waals surface area contributed by atoms with Gasteiger partial charge in [0.15, 0.2) is 5.69 Å². The lowest BCUT2D eigenvalue weighted by Crippen LogP contribution is -1.98. The molecule has 0 atom stereocenters. The van der Waals surface area contributed by atoms with Crippen LogP contribution in [-0.2, 0) is 6.54 Å². The van der Waals surface area contributed by atoms with Gasteiger partial charge in [-0.1, -0.05) is 69.4 Å². The van der Waals surface area contributed by atoms with E-state index < -0.39 is 0 Å². The Hall–Kier alpha value is -3.86. The van der Waals surface area contributed by atoms with Crippen LogP contribution in [0.25, 0.3) is 57.6 Å². The molecule has 0 radical (unpaired) electrons.